The Labute approximate surface area is 115 Å². The molecule has 1 aromatic carbocycles. The number of methoxy groups -OCH3 is 1. The zero-order chi connectivity index (χ0) is 14.0. The van der Waals surface area contributed by atoms with E-state index in [9.17, 15) is 8.42 Å². The second-order valence-corrected chi connectivity index (χ2v) is 7.16. The molecule has 1 atom stereocenters. The summed E-state index contributed by atoms with van der Waals surface area (Å²) >= 11 is 0. The Morgan fingerprint density at radius 3 is 2.79 bits per heavy atom. The van der Waals surface area contributed by atoms with Crippen LogP contribution in [0.1, 0.15) is 25.8 Å². The Kier molecular flexibility index (Phi) is 4.04. The van der Waals surface area contributed by atoms with Gasteiger partial charge in [0.25, 0.3) is 0 Å². The standard InChI is InChI=1S/C14H21NO3S/c1-4-7-19(16,17)15-10-11(2)8-12-5-6-13(18-3)9-14(12)15/h5-6,9,11H,4,7-8,10H2,1-3H3. The summed E-state index contributed by atoms with van der Waals surface area (Å²) in [7, 11) is -1.63. The van der Waals surface area contributed by atoms with Crippen LogP contribution in [0.25, 0.3) is 0 Å². The lowest BCUT2D eigenvalue weighted by Crippen LogP contribution is -2.40. The number of hydrogen-bond donors (Lipinski definition) is 0. The van der Waals surface area contributed by atoms with Crippen molar-refractivity contribution in [2.45, 2.75) is 26.7 Å². The molecular weight excluding hydrogens is 262 g/mol. The summed E-state index contributed by atoms with van der Waals surface area (Å²) in [5, 5.41) is 0. The van der Waals surface area contributed by atoms with Crippen LogP contribution in [-0.2, 0) is 16.4 Å². The van der Waals surface area contributed by atoms with Gasteiger partial charge in [0, 0.05) is 12.6 Å². The fourth-order valence-electron chi connectivity index (χ4n) is 2.53. The molecule has 1 unspecified atom stereocenters. The summed E-state index contributed by atoms with van der Waals surface area (Å²) in [5.41, 5.74) is 1.87. The Balaban J connectivity index is 2.47. The number of fused-ring (bicyclic) bond motifs is 1. The van der Waals surface area contributed by atoms with Crippen molar-refractivity contribution < 1.29 is 13.2 Å². The van der Waals surface area contributed by atoms with E-state index in [4.69, 9.17) is 4.74 Å². The first-order valence-corrected chi connectivity index (χ1v) is 8.26. The van der Waals surface area contributed by atoms with E-state index in [1.807, 2.05) is 25.1 Å². The van der Waals surface area contributed by atoms with Crippen LogP contribution in [0.5, 0.6) is 5.75 Å². The van der Waals surface area contributed by atoms with Crippen molar-refractivity contribution in [2.75, 3.05) is 23.7 Å². The molecule has 0 amide bonds. The highest BCUT2D eigenvalue weighted by atomic mass is 32.2. The van der Waals surface area contributed by atoms with Crippen molar-refractivity contribution in [1.82, 2.24) is 0 Å². The monoisotopic (exact) mass is 283 g/mol. The van der Waals surface area contributed by atoms with Crippen LogP contribution in [0.3, 0.4) is 0 Å². The van der Waals surface area contributed by atoms with Crippen LogP contribution in [-0.4, -0.2) is 27.8 Å². The minimum atomic E-state index is -3.23. The van der Waals surface area contributed by atoms with Crippen molar-refractivity contribution in [1.29, 1.82) is 0 Å². The van der Waals surface area contributed by atoms with E-state index in [1.54, 1.807) is 11.4 Å². The van der Waals surface area contributed by atoms with Gasteiger partial charge in [-0.3, -0.25) is 4.31 Å². The first-order valence-electron chi connectivity index (χ1n) is 6.65. The van der Waals surface area contributed by atoms with Gasteiger partial charge in [0.15, 0.2) is 0 Å². The molecule has 2 rings (SSSR count). The first kappa shape index (κ1) is 14.2. The van der Waals surface area contributed by atoms with Gasteiger partial charge in [-0.15, -0.1) is 0 Å². The molecule has 4 nitrogen and oxygen atoms in total. The minimum absolute atomic E-state index is 0.191. The molecule has 0 aromatic heterocycles. The van der Waals surface area contributed by atoms with E-state index in [0.717, 1.165) is 17.7 Å². The predicted molar refractivity (Wildman–Crippen MR) is 77.3 cm³/mol. The minimum Gasteiger partial charge on any atom is -0.497 e. The van der Waals surface area contributed by atoms with Gasteiger partial charge in [0.1, 0.15) is 5.75 Å². The summed E-state index contributed by atoms with van der Waals surface area (Å²) in [6, 6.07) is 5.69. The van der Waals surface area contributed by atoms with Gasteiger partial charge in [0.05, 0.1) is 18.6 Å². The lowest BCUT2D eigenvalue weighted by atomic mass is 9.95. The van der Waals surface area contributed by atoms with Crippen molar-refractivity contribution in [3.63, 3.8) is 0 Å². The normalized spacial score (nSPS) is 19.1. The van der Waals surface area contributed by atoms with E-state index in [2.05, 4.69) is 6.92 Å². The van der Waals surface area contributed by atoms with Crippen LogP contribution in [0.2, 0.25) is 0 Å². The fraction of sp³-hybridized carbons (Fsp3) is 0.571. The molecule has 0 saturated heterocycles. The molecule has 19 heavy (non-hydrogen) atoms. The molecule has 0 radical (unpaired) electrons. The third kappa shape index (κ3) is 2.86. The third-order valence-corrected chi connectivity index (χ3v) is 5.35. The predicted octanol–water partition coefficient (Wildman–Crippen LogP) is 2.43. The smallest absolute Gasteiger partial charge is 0.235 e. The van der Waals surface area contributed by atoms with Crippen molar-refractivity contribution in [3.05, 3.63) is 23.8 Å². The first-order chi connectivity index (χ1) is 8.97. The van der Waals surface area contributed by atoms with Crippen LogP contribution in [0.15, 0.2) is 18.2 Å². The molecule has 0 spiro atoms. The average Bonchev–Trinajstić information content (AvgIpc) is 2.37. The Morgan fingerprint density at radius 1 is 1.42 bits per heavy atom. The van der Waals surface area contributed by atoms with Gasteiger partial charge < -0.3 is 4.74 Å². The van der Waals surface area contributed by atoms with Crippen LogP contribution >= 0.6 is 0 Å². The van der Waals surface area contributed by atoms with Gasteiger partial charge in [-0.05, 0) is 30.4 Å². The van der Waals surface area contributed by atoms with Crippen LogP contribution in [0.4, 0.5) is 5.69 Å². The molecular formula is C14H21NO3S. The topological polar surface area (TPSA) is 46.6 Å². The van der Waals surface area contributed by atoms with Gasteiger partial charge in [0.2, 0.25) is 10.0 Å². The zero-order valence-corrected chi connectivity index (χ0v) is 12.5. The highest BCUT2D eigenvalue weighted by Gasteiger charge is 2.30. The maximum atomic E-state index is 12.4. The van der Waals surface area contributed by atoms with E-state index in [-0.39, 0.29) is 5.75 Å². The summed E-state index contributed by atoms with van der Waals surface area (Å²) in [6.07, 6.45) is 1.55. The van der Waals surface area contributed by atoms with Crippen molar-refractivity contribution >= 4 is 15.7 Å². The molecule has 1 aliphatic heterocycles. The SMILES string of the molecule is CCCS(=O)(=O)N1CC(C)Cc2ccc(OC)cc21. The fourth-order valence-corrected chi connectivity index (χ4v) is 4.22. The maximum Gasteiger partial charge on any atom is 0.235 e. The second-order valence-electron chi connectivity index (χ2n) is 5.15. The number of rotatable bonds is 4. The number of ether oxygens (including phenoxy) is 1. The van der Waals surface area contributed by atoms with Gasteiger partial charge in [-0.2, -0.15) is 0 Å². The molecule has 0 fully saturated rings. The van der Waals surface area contributed by atoms with E-state index in [1.165, 1.54) is 0 Å². The van der Waals surface area contributed by atoms with E-state index < -0.39 is 10.0 Å². The molecule has 0 N–H and O–H groups in total. The average molecular weight is 283 g/mol. The highest BCUT2D eigenvalue weighted by Crippen LogP contribution is 2.34. The molecule has 5 heteroatoms. The van der Waals surface area contributed by atoms with Gasteiger partial charge >= 0.3 is 0 Å². The lowest BCUT2D eigenvalue weighted by molar-refractivity contribution is 0.414. The van der Waals surface area contributed by atoms with Crippen LogP contribution in [0, 0.1) is 5.92 Å². The van der Waals surface area contributed by atoms with E-state index >= 15 is 0 Å². The third-order valence-electron chi connectivity index (χ3n) is 3.40. The molecule has 0 saturated carbocycles. The zero-order valence-electron chi connectivity index (χ0n) is 11.7. The number of anilines is 1. The maximum absolute atomic E-state index is 12.4. The van der Waals surface area contributed by atoms with Crippen molar-refractivity contribution in [2.24, 2.45) is 5.92 Å². The molecule has 1 heterocycles. The molecule has 0 aliphatic carbocycles. The largest absolute Gasteiger partial charge is 0.497 e. The van der Waals surface area contributed by atoms with Crippen molar-refractivity contribution in [3.8, 4) is 5.75 Å². The quantitative estimate of drug-likeness (QED) is 0.852. The van der Waals surface area contributed by atoms with Gasteiger partial charge in [-0.1, -0.05) is 19.9 Å². The summed E-state index contributed by atoms with van der Waals surface area (Å²) in [4.78, 5) is 0. The number of benzene rings is 1. The molecule has 1 aromatic rings. The molecule has 106 valence electrons. The highest BCUT2D eigenvalue weighted by molar-refractivity contribution is 7.92. The number of nitrogens with zero attached hydrogens (tertiary/aromatic N) is 1. The summed E-state index contributed by atoms with van der Waals surface area (Å²) in [5.74, 6) is 1.23. The molecule has 0 bridgehead atoms. The Hall–Kier alpha value is -1.23. The number of sulfonamides is 1. The lowest BCUT2D eigenvalue weighted by Gasteiger charge is -2.34. The molecule has 1 aliphatic rings. The number of hydrogen-bond acceptors (Lipinski definition) is 3. The second kappa shape index (κ2) is 5.41. The van der Waals surface area contributed by atoms with Crippen LogP contribution < -0.4 is 9.04 Å². The Bertz CT molecular complexity index is 554. The van der Waals surface area contributed by atoms with Gasteiger partial charge in [-0.25, -0.2) is 8.42 Å². The van der Waals surface area contributed by atoms with E-state index in [0.29, 0.717) is 24.6 Å². The summed E-state index contributed by atoms with van der Waals surface area (Å²) in [6.45, 7) is 4.53. The Morgan fingerprint density at radius 2 is 2.16 bits per heavy atom. The summed E-state index contributed by atoms with van der Waals surface area (Å²) < 4.78 is 31.5.